The molecule has 1 aromatic carbocycles. The smallest absolute Gasteiger partial charge is 0.249 e. The van der Waals surface area contributed by atoms with Crippen molar-refractivity contribution in [1.29, 1.82) is 0 Å². The highest BCUT2D eigenvalue weighted by Gasteiger charge is 2.33. The fraction of sp³-hybridized carbons (Fsp3) is 0.158. The number of carbonyl (C=O) groups excluding carboxylic acids is 1. The highest BCUT2D eigenvalue weighted by atomic mass is 32.2. The number of hydrogen-bond donors (Lipinski definition) is 2. The summed E-state index contributed by atoms with van der Waals surface area (Å²) in [6.45, 7) is 0.382. The zero-order valence-corrected chi connectivity index (χ0v) is 16.5. The van der Waals surface area contributed by atoms with E-state index < -0.39 is 10.0 Å². The monoisotopic (exact) mass is 414 g/mol. The Hall–Kier alpha value is -2.75. The lowest BCUT2D eigenvalue weighted by Crippen LogP contribution is -2.27. The number of anilines is 1. The molecule has 3 heterocycles. The van der Waals surface area contributed by atoms with E-state index in [1.807, 2.05) is 35.7 Å². The number of nitrogens with one attached hydrogen (secondary N) is 2. The first-order valence-electron chi connectivity index (χ1n) is 8.62. The largest absolute Gasteiger partial charge is 0.307 e. The number of rotatable bonds is 6. The lowest BCUT2D eigenvalue weighted by molar-refractivity contribution is -0.111. The van der Waals surface area contributed by atoms with Crippen LogP contribution in [0.1, 0.15) is 21.7 Å². The van der Waals surface area contributed by atoms with Gasteiger partial charge in [-0.15, -0.1) is 11.3 Å². The van der Waals surface area contributed by atoms with Gasteiger partial charge in [0.15, 0.2) is 0 Å². The van der Waals surface area contributed by atoms with Crippen LogP contribution >= 0.6 is 11.3 Å². The summed E-state index contributed by atoms with van der Waals surface area (Å²) in [6, 6.07) is 12.9. The summed E-state index contributed by atoms with van der Waals surface area (Å²) in [6.07, 6.45) is 3.17. The number of sulfonamides is 1. The van der Waals surface area contributed by atoms with Gasteiger partial charge in [0.2, 0.25) is 15.9 Å². The molecule has 7 nitrogen and oxygen atoms in total. The number of fused-ring (bicyclic) bond motifs is 1. The molecule has 0 fully saturated rings. The number of carbonyl (C=O) groups is 1. The van der Waals surface area contributed by atoms with Gasteiger partial charge < -0.3 is 5.32 Å². The van der Waals surface area contributed by atoms with E-state index in [1.165, 1.54) is 21.7 Å². The van der Waals surface area contributed by atoms with Crippen molar-refractivity contribution in [2.45, 2.75) is 18.8 Å². The van der Waals surface area contributed by atoms with Crippen molar-refractivity contribution in [2.24, 2.45) is 0 Å². The first-order chi connectivity index (χ1) is 13.5. The molecule has 0 bridgehead atoms. The van der Waals surface area contributed by atoms with Gasteiger partial charge in [0, 0.05) is 23.1 Å². The predicted molar refractivity (Wildman–Crippen MR) is 109 cm³/mol. The highest BCUT2D eigenvalue weighted by molar-refractivity contribution is 7.88. The molecule has 3 aromatic rings. The van der Waals surface area contributed by atoms with E-state index in [0.717, 1.165) is 10.4 Å². The maximum Gasteiger partial charge on any atom is 0.249 e. The zero-order chi connectivity index (χ0) is 19.6. The Morgan fingerprint density at radius 3 is 2.79 bits per heavy atom. The number of thiophene rings is 1. The van der Waals surface area contributed by atoms with E-state index in [1.54, 1.807) is 18.2 Å². The maximum atomic E-state index is 12.7. The van der Waals surface area contributed by atoms with E-state index in [4.69, 9.17) is 0 Å². The van der Waals surface area contributed by atoms with Crippen LogP contribution in [-0.2, 0) is 33.7 Å². The summed E-state index contributed by atoms with van der Waals surface area (Å²) in [4.78, 5) is 13.1. The minimum absolute atomic E-state index is 0.0624. The SMILES string of the molecule is O=C(/C=C/c1cccs1)Nc1[nH]nc2c1CN(S(=O)(=O)Cc1ccccc1)C2. The molecule has 0 unspecified atom stereocenters. The molecule has 28 heavy (non-hydrogen) atoms. The van der Waals surface area contributed by atoms with E-state index in [0.29, 0.717) is 17.1 Å². The average molecular weight is 415 g/mol. The van der Waals surface area contributed by atoms with Crippen molar-refractivity contribution in [3.05, 3.63) is 75.6 Å². The Bertz CT molecular complexity index is 1100. The molecule has 1 aliphatic heterocycles. The first kappa shape index (κ1) is 18.6. The molecule has 0 spiro atoms. The van der Waals surface area contributed by atoms with Gasteiger partial charge in [-0.2, -0.15) is 9.40 Å². The molecule has 0 radical (unpaired) electrons. The Morgan fingerprint density at radius 1 is 1.21 bits per heavy atom. The average Bonchev–Trinajstić information content (AvgIpc) is 3.39. The molecule has 0 atom stereocenters. The summed E-state index contributed by atoms with van der Waals surface area (Å²) in [5.74, 6) is 0.0752. The Balaban J connectivity index is 1.43. The van der Waals surface area contributed by atoms with Gasteiger partial charge in [0.25, 0.3) is 0 Å². The van der Waals surface area contributed by atoms with Crippen LogP contribution in [0, 0.1) is 0 Å². The third kappa shape index (κ3) is 4.06. The Kier molecular flexibility index (Phi) is 5.12. The third-order valence-electron chi connectivity index (χ3n) is 4.39. The van der Waals surface area contributed by atoms with Gasteiger partial charge >= 0.3 is 0 Å². The lowest BCUT2D eigenvalue weighted by atomic mass is 10.2. The molecule has 0 saturated carbocycles. The quantitative estimate of drug-likeness (QED) is 0.606. The first-order valence-corrected chi connectivity index (χ1v) is 11.1. The molecule has 9 heteroatoms. The molecular formula is C19H18N4O3S2. The van der Waals surface area contributed by atoms with Crippen molar-refractivity contribution >= 4 is 39.2 Å². The van der Waals surface area contributed by atoms with Crippen LogP contribution in [0.4, 0.5) is 5.82 Å². The minimum atomic E-state index is -3.48. The van der Waals surface area contributed by atoms with Crippen LogP contribution < -0.4 is 5.32 Å². The fourth-order valence-corrected chi connectivity index (χ4v) is 5.05. The number of benzene rings is 1. The van der Waals surface area contributed by atoms with Crippen LogP contribution in [0.3, 0.4) is 0 Å². The van der Waals surface area contributed by atoms with Crippen LogP contribution in [0.15, 0.2) is 53.9 Å². The van der Waals surface area contributed by atoms with Crippen LogP contribution in [0.5, 0.6) is 0 Å². The van der Waals surface area contributed by atoms with Crippen molar-refractivity contribution in [2.75, 3.05) is 5.32 Å². The summed E-state index contributed by atoms with van der Waals surface area (Å²) in [5.41, 5.74) is 2.07. The molecule has 4 rings (SSSR count). The maximum absolute atomic E-state index is 12.7. The molecule has 1 amide bonds. The topological polar surface area (TPSA) is 95.2 Å². The zero-order valence-electron chi connectivity index (χ0n) is 14.8. The standard InChI is InChI=1S/C19H18N4O3S2/c24-18(9-8-15-7-4-10-27-15)20-19-16-11-23(12-17(16)21-22-19)28(25,26)13-14-5-2-1-3-6-14/h1-10H,11-13H2,(H2,20,21,22,24)/b9-8+. The lowest BCUT2D eigenvalue weighted by Gasteiger charge is -2.16. The second-order valence-corrected chi connectivity index (χ2v) is 9.32. The van der Waals surface area contributed by atoms with Gasteiger partial charge in [-0.05, 0) is 23.1 Å². The third-order valence-corrected chi connectivity index (χ3v) is 6.97. The second kappa shape index (κ2) is 7.70. The van der Waals surface area contributed by atoms with Gasteiger partial charge in [-0.1, -0.05) is 36.4 Å². The van der Waals surface area contributed by atoms with E-state index >= 15 is 0 Å². The number of aromatic nitrogens is 2. The number of nitrogens with zero attached hydrogens (tertiary/aromatic N) is 2. The van der Waals surface area contributed by atoms with E-state index in [-0.39, 0.29) is 24.7 Å². The molecule has 0 aliphatic carbocycles. The molecule has 2 N–H and O–H groups in total. The van der Waals surface area contributed by atoms with Crippen molar-refractivity contribution in [3.8, 4) is 0 Å². The number of amides is 1. The van der Waals surface area contributed by atoms with E-state index in [2.05, 4.69) is 15.5 Å². The van der Waals surface area contributed by atoms with Crippen LogP contribution in [0.2, 0.25) is 0 Å². The van der Waals surface area contributed by atoms with Crippen molar-refractivity contribution in [3.63, 3.8) is 0 Å². The van der Waals surface area contributed by atoms with Crippen molar-refractivity contribution < 1.29 is 13.2 Å². The molecule has 0 saturated heterocycles. The second-order valence-electron chi connectivity index (χ2n) is 6.37. The molecular weight excluding hydrogens is 396 g/mol. The number of hydrogen-bond acceptors (Lipinski definition) is 5. The van der Waals surface area contributed by atoms with Crippen molar-refractivity contribution in [1.82, 2.24) is 14.5 Å². The Morgan fingerprint density at radius 2 is 2.04 bits per heavy atom. The normalized spacial score (nSPS) is 14.4. The number of H-pyrrole nitrogens is 1. The fourth-order valence-electron chi connectivity index (χ4n) is 2.99. The predicted octanol–water partition coefficient (Wildman–Crippen LogP) is 2.97. The Labute approximate surface area is 166 Å². The summed E-state index contributed by atoms with van der Waals surface area (Å²) in [7, 11) is -3.48. The van der Waals surface area contributed by atoms with Crippen LogP contribution in [0.25, 0.3) is 6.08 Å². The number of aromatic amines is 1. The molecule has 1 aliphatic rings. The van der Waals surface area contributed by atoms with E-state index in [9.17, 15) is 13.2 Å². The summed E-state index contributed by atoms with van der Waals surface area (Å²) in [5, 5.41) is 11.6. The van der Waals surface area contributed by atoms with Gasteiger partial charge in [-0.25, -0.2) is 8.42 Å². The van der Waals surface area contributed by atoms with Gasteiger partial charge in [-0.3, -0.25) is 9.89 Å². The summed E-state index contributed by atoms with van der Waals surface area (Å²) < 4.78 is 26.8. The van der Waals surface area contributed by atoms with Gasteiger partial charge in [0.05, 0.1) is 18.0 Å². The molecule has 144 valence electrons. The van der Waals surface area contributed by atoms with Gasteiger partial charge in [0.1, 0.15) is 5.82 Å². The van der Waals surface area contributed by atoms with Crippen LogP contribution in [-0.4, -0.2) is 28.8 Å². The molecule has 2 aromatic heterocycles. The minimum Gasteiger partial charge on any atom is -0.307 e. The summed E-state index contributed by atoms with van der Waals surface area (Å²) >= 11 is 1.54. The highest BCUT2D eigenvalue weighted by Crippen LogP contribution is 2.30.